The molecule has 0 unspecified atom stereocenters. The normalized spacial score (nSPS) is 14.9. The minimum atomic E-state index is -3.61. The van der Waals surface area contributed by atoms with Crippen molar-refractivity contribution in [2.45, 2.75) is 37.5 Å². The summed E-state index contributed by atoms with van der Waals surface area (Å²) < 4.78 is 32.1. The number of nitrogens with one attached hydrogen (secondary N) is 1. The molecule has 32 heavy (non-hydrogen) atoms. The molecule has 2 aromatic rings. The van der Waals surface area contributed by atoms with Gasteiger partial charge < -0.3 is 10.1 Å². The summed E-state index contributed by atoms with van der Waals surface area (Å²) >= 11 is 0. The number of ether oxygens (including phenoxy) is 1. The number of carbonyl (C=O) groups is 3. The first kappa shape index (κ1) is 23.6. The second kappa shape index (κ2) is 10.5. The quantitative estimate of drug-likeness (QED) is 0.504. The Kier molecular flexibility index (Phi) is 7.76. The molecule has 1 aliphatic rings. The second-order valence-electron chi connectivity index (χ2n) is 7.57. The van der Waals surface area contributed by atoms with Gasteiger partial charge in [-0.05, 0) is 56.2 Å². The lowest BCUT2D eigenvalue weighted by Gasteiger charge is -2.20. The molecular weight excluding hydrogens is 432 g/mol. The predicted octanol–water partition coefficient (Wildman–Crippen LogP) is 3.25. The van der Waals surface area contributed by atoms with E-state index in [0.29, 0.717) is 24.3 Å². The molecule has 0 aliphatic carbocycles. The van der Waals surface area contributed by atoms with Crippen LogP contribution in [0.5, 0.6) is 0 Å². The van der Waals surface area contributed by atoms with Crippen molar-refractivity contribution >= 4 is 33.4 Å². The summed E-state index contributed by atoms with van der Waals surface area (Å²) in [5.74, 6) is -1.54. The van der Waals surface area contributed by atoms with Crippen molar-refractivity contribution in [3.8, 4) is 0 Å². The number of benzene rings is 2. The monoisotopic (exact) mass is 458 g/mol. The molecule has 1 N–H and O–H groups in total. The smallest absolute Gasteiger partial charge is 0.338 e. The van der Waals surface area contributed by atoms with Gasteiger partial charge in [-0.3, -0.25) is 9.59 Å². The van der Waals surface area contributed by atoms with Gasteiger partial charge in [0.2, 0.25) is 10.0 Å². The Balaban J connectivity index is 1.59. The lowest BCUT2D eigenvalue weighted by molar-refractivity contribution is -0.119. The van der Waals surface area contributed by atoms with Crippen molar-refractivity contribution in [2.24, 2.45) is 0 Å². The van der Waals surface area contributed by atoms with E-state index in [9.17, 15) is 22.8 Å². The Hall–Kier alpha value is -3.04. The highest BCUT2D eigenvalue weighted by Crippen LogP contribution is 2.21. The summed E-state index contributed by atoms with van der Waals surface area (Å²) in [5.41, 5.74) is 0.828. The fourth-order valence-electron chi connectivity index (χ4n) is 3.49. The van der Waals surface area contributed by atoms with Crippen molar-refractivity contribution in [2.75, 3.05) is 25.0 Å². The third kappa shape index (κ3) is 5.80. The largest absolute Gasteiger partial charge is 0.452 e. The highest BCUT2D eigenvalue weighted by molar-refractivity contribution is 7.89. The number of ketones is 1. The van der Waals surface area contributed by atoms with Crippen molar-refractivity contribution in [3.05, 3.63) is 59.7 Å². The molecule has 2 aromatic carbocycles. The van der Waals surface area contributed by atoms with E-state index in [1.165, 1.54) is 35.5 Å². The average molecular weight is 459 g/mol. The van der Waals surface area contributed by atoms with Crippen LogP contribution in [0.1, 0.15) is 53.3 Å². The minimum Gasteiger partial charge on any atom is -0.452 e. The van der Waals surface area contributed by atoms with Crippen LogP contribution in [0.2, 0.25) is 0 Å². The van der Waals surface area contributed by atoms with E-state index in [2.05, 4.69) is 5.32 Å². The Bertz CT molecular complexity index is 1090. The number of nitrogens with zero attached hydrogens (tertiary/aromatic N) is 1. The van der Waals surface area contributed by atoms with E-state index >= 15 is 0 Å². The van der Waals surface area contributed by atoms with Crippen LogP contribution in [-0.4, -0.2) is 50.1 Å². The minimum absolute atomic E-state index is 0.120. The molecule has 1 saturated heterocycles. The lowest BCUT2D eigenvalue weighted by Crippen LogP contribution is -2.31. The second-order valence-corrected chi connectivity index (χ2v) is 9.51. The summed E-state index contributed by atoms with van der Waals surface area (Å²) in [5, 5.41) is 2.55. The van der Waals surface area contributed by atoms with Gasteiger partial charge in [-0.15, -0.1) is 0 Å². The summed E-state index contributed by atoms with van der Waals surface area (Å²) in [6.07, 6.45) is 3.71. The van der Waals surface area contributed by atoms with Crippen LogP contribution in [0.4, 0.5) is 5.69 Å². The number of para-hydroxylation sites is 1. The van der Waals surface area contributed by atoms with E-state index in [1.54, 1.807) is 24.3 Å². The van der Waals surface area contributed by atoms with Gasteiger partial charge in [-0.1, -0.05) is 25.0 Å². The van der Waals surface area contributed by atoms with Gasteiger partial charge in [0.15, 0.2) is 12.4 Å². The first-order chi connectivity index (χ1) is 15.3. The van der Waals surface area contributed by atoms with Gasteiger partial charge >= 0.3 is 5.97 Å². The molecule has 170 valence electrons. The highest BCUT2D eigenvalue weighted by atomic mass is 32.2. The number of anilines is 1. The zero-order valence-corrected chi connectivity index (χ0v) is 18.7. The number of Topliss-reactive ketones (excluding diaryl/α,β-unsaturated/α-hetero) is 1. The molecule has 9 heteroatoms. The maximum absolute atomic E-state index is 12.8. The van der Waals surface area contributed by atoms with Crippen LogP contribution in [0.25, 0.3) is 0 Å². The maximum atomic E-state index is 12.8. The summed E-state index contributed by atoms with van der Waals surface area (Å²) in [7, 11) is -3.61. The van der Waals surface area contributed by atoms with E-state index in [4.69, 9.17) is 4.74 Å². The molecule has 1 aliphatic heterocycles. The molecule has 3 rings (SSSR count). The number of amides is 1. The van der Waals surface area contributed by atoms with Crippen LogP contribution in [0.3, 0.4) is 0 Å². The van der Waals surface area contributed by atoms with Crippen molar-refractivity contribution in [3.63, 3.8) is 0 Å². The van der Waals surface area contributed by atoms with Gasteiger partial charge in [0.25, 0.3) is 5.91 Å². The van der Waals surface area contributed by atoms with Gasteiger partial charge in [-0.2, -0.15) is 4.31 Å². The number of carbonyl (C=O) groups excluding carboxylic acids is 3. The zero-order chi connectivity index (χ0) is 23.1. The summed E-state index contributed by atoms with van der Waals surface area (Å²) in [6.45, 7) is 1.84. The standard InChI is InChI=1S/C23H26N2O6S/c1-17(26)20-8-4-5-9-21(20)24-22(27)16-31-23(28)18-10-12-19(13-11-18)32(29,30)25-14-6-2-3-7-15-25/h4-5,8-13H,2-3,6-7,14-16H2,1H3,(H,24,27). The van der Waals surface area contributed by atoms with Crippen LogP contribution in [0.15, 0.2) is 53.4 Å². The third-order valence-electron chi connectivity index (χ3n) is 5.21. The molecule has 8 nitrogen and oxygen atoms in total. The SMILES string of the molecule is CC(=O)c1ccccc1NC(=O)COC(=O)c1ccc(S(=O)(=O)N2CCCCCC2)cc1. The number of hydrogen-bond acceptors (Lipinski definition) is 6. The molecule has 1 heterocycles. The first-order valence-corrected chi connectivity index (χ1v) is 11.9. The van der Waals surface area contributed by atoms with E-state index in [1.807, 2.05) is 0 Å². The van der Waals surface area contributed by atoms with Crippen LogP contribution in [-0.2, 0) is 19.6 Å². The number of hydrogen-bond donors (Lipinski definition) is 1. The summed E-state index contributed by atoms with van der Waals surface area (Å²) in [4.78, 5) is 36.1. The highest BCUT2D eigenvalue weighted by Gasteiger charge is 2.25. The van der Waals surface area contributed by atoms with Crippen LogP contribution < -0.4 is 5.32 Å². The van der Waals surface area contributed by atoms with Gasteiger partial charge in [0.1, 0.15) is 0 Å². The molecule has 0 aromatic heterocycles. The lowest BCUT2D eigenvalue weighted by atomic mass is 10.1. The van der Waals surface area contributed by atoms with Gasteiger partial charge in [0.05, 0.1) is 16.1 Å². The maximum Gasteiger partial charge on any atom is 0.338 e. The Morgan fingerprint density at radius 1 is 0.938 bits per heavy atom. The Labute approximate surface area is 187 Å². The first-order valence-electron chi connectivity index (χ1n) is 10.5. The van der Waals surface area contributed by atoms with Crippen molar-refractivity contribution in [1.82, 2.24) is 4.31 Å². The van der Waals surface area contributed by atoms with Gasteiger partial charge in [-0.25, -0.2) is 13.2 Å². The Morgan fingerprint density at radius 3 is 2.19 bits per heavy atom. The molecule has 0 spiro atoms. The average Bonchev–Trinajstić information content (AvgIpc) is 3.08. The van der Waals surface area contributed by atoms with Crippen LogP contribution in [0, 0.1) is 0 Å². The van der Waals surface area contributed by atoms with Crippen molar-refractivity contribution in [1.29, 1.82) is 0 Å². The zero-order valence-electron chi connectivity index (χ0n) is 17.9. The van der Waals surface area contributed by atoms with Crippen molar-refractivity contribution < 1.29 is 27.5 Å². The molecule has 0 atom stereocenters. The topological polar surface area (TPSA) is 110 Å². The molecule has 0 bridgehead atoms. The molecule has 1 amide bonds. The van der Waals surface area contributed by atoms with Gasteiger partial charge in [0, 0.05) is 18.7 Å². The van der Waals surface area contributed by atoms with E-state index < -0.39 is 28.5 Å². The van der Waals surface area contributed by atoms with E-state index in [-0.39, 0.29) is 16.2 Å². The number of rotatable bonds is 7. The molecular formula is C23H26N2O6S. The van der Waals surface area contributed by atoms with E-state index in [0.717, 1.165) is 25.7 Å². The third-order valence-corrected chi connectivity index (χ3v) is 7.12. The summed E-state index contributed by atoms with van der Waals surface area (Å²) in [6, 6.07) is 12.0. The molecule has 0 saturated carbocycles. The Morgan fingerprint density at radius 2 is 1.56 bits per heavy atom. The fourth-order valence-corrected chi connectivity index (χ4v) is 5.01. The molecule has 1 fully saturated rings. The fraction of sp³-hybridized carbons (Fsp3) is 0.348. The number of esters is 1. The van der Waals surface area contributed by atoms with Crippen LogP contribution >= 0.6 is 0 Å². The molecule has 0 radical (unpaired) electrons. The predicted molar refractivity (Wildman–Crippen MR) is 119 cm³/mol. The number of sulfonamides is 1.